The van der Waals surface area contributed by atoms with Crippen molar-refractivity contribution in [1.82, 2.24) is 14.5 Å². The summed E-state index contributed by atoms with van der Waals surface area (Å²) in [6.45, 7) is 4.41. The Balaban J connectivity index is 1.51. The third kappa shape index (κ3) is 3.88. The van der Waals surface area contributed by atoms with E-state index in [2.05, 4.69) is 22.2 Å². The first-order valence-corrected chi connectivity index (χ1v) is 9.34. The monoisotopic (exact) mass is 352 g/mol. The van der Waals surface area contributed by atoms with Crippen molar-refractivity contribution >= 4 is 33.7 Å². The molecule has 0 fully saturated rings. The van der Waals surface area contributed by atoms with Gasteiger partial charge in [0.05, 0.1) is 5.69 Å². The number of carbonyl (C=O) groups is 1. The summed E-state index contributed by atoms with van der Waals surface area (Å²) in [5.41, 5.74) is 2.07. The molecule has 8 heteroatoms. The first-order chi connectivity index (χ1) is 11.0. The predicted molar refractivity (Wildman–Crippen MR) is 93.3 cm³/mol. The van der Waals surface area contributed by atoms with Crippen LogP contribution >= 0.6 is 22.7 Å². The normalized spacial score (nSPS) is 14.7. The van der Waals surface area contributed by atoms with E-state index >= 15 is 0 Å². The van der Waals surface area contributed by atoms with Gasteiger partial charge in [-0.3, -0.25) is 9.59 Å². The molecule has 0 saturated heterocycles. The van der Waals surface area contributed by atoms with E-state index < -0.39 is 0 Å². The van der Waals surface area contributed by atoms with E-state index in [4.69, 9.17) is 0 Å². The minimum absolute atomic E-state index is 0.0367. The Hall–Kier alpha value is -1.51. The summed E-state index contributed by atoms with van der Waals surface area (Å²) in [7, 11) is 2.09. The molecule has 0 radical (unpaired) electrons. The van der Waals surface area contributed by atoms with E-state index in [1.54, 1.807) is 15.9 Å². The van der Waals surface area contributed by atoms with Gasteiger partial charge in [-0.1, -0.05) is 11.3 Å². The summed E-state index contributed by atoms with van der Waals surface area (Å²) in [6, 6.07) is 0. The molecule has 0 unspecified atom stereocenters. The number of nitrogens with one attached hydrogen (secondary N) is 1. The van der Waals surface area contributed by atoms with Gasteiger partial charge in [0.1, 0.15) is 0 Å². The zero-order valence-electron chi connectivity index (χ0n) is 13.3. The predicted octanol–water partition coefficient (Wildman–Crippen LogP) is 2.08. The Morgan fingerprint density at radius 1 is 1.48 bits per heavy atom. The lowest BCUT2D eigenvalue weighted by atomic mass is 10.2. The molecule has 0 spiro atoms. The Labute approximate surface area is 142 Å². The average Bonchev–Trinajstić information content (AvgIpc) is 3.03. The highest BCUT2D eigenvalue weighted by atomic mass is 32.1. The van der Waals surface area contributed by atoms with Crippen LogP contribution in [0.25, 0.3) is 0 Å². The second-order valence-corrected chi connectivity index (χ2v) is 7.73. The highest BCUT2D eigenvalue weighted by molar-refractivity contribution is 7.15. The maximum atomic E-state index is 12.0. The average molecular weight is 352 g/mol. The fraction of sp³-hybridized carbons (Fsp3) is 0.533. The molecule has 124 valence electrons. The zero-order valence-corrected chi connectivity index (χ0v) is 14.9. The molecule has 1 amide bonds. The van der Waals surface area contributed by atoms with Crippen LogP contribution < -0.4 is 10.2 Å². The van der Waals surface area contributed by atoms with Crippen LogP contribution in [0.4, 0.5) is 5.13 Å². The van der Waals surface area contributed by atoms with Gasteiger partial charge in [0, 0.05) is 48.4 Å². The van der Waals surface area contributed by atoms with Crippen LogP contribution in [-0.2, 0) is 24.3 Å². The second-order valence-electron chi connectivity index (χ2n) is 5.82. The van der Waals surface area contributed by atoms with Crippen LogP contribution in [0.15, 0.2) is 10.2 Å². The van der Waals surface area contributed by atoms with Gasteiger partial charge in [0.2, 0.25) is 5.91 Å². The molecule has 2 aromatic rings. The van der Waals surface area contributed by atoms with Crippen molar-refractivity contribution < 1.29 is 4.79 Å². The Morgan fingerprint density at radius 2 is 2.30 bits per heavy atom. The van der Waals surface area contributed by atoms with Crippen LogP contribution in [-0.4, -0.2) is 34.0 Å². The third-order valence-corrected chi connectivity index (χ3v) is 5.81. The SMILES string of the molecule is Cc1csc(=O)n1CCCC(=O)Nc1nc2c(s1)CN(C)CC2. The fourth-order valence-corrected chi connectivity index (χ4v) is 4.50. The van der Waals surface area contributed by atoms with Crippen LogP contribution in [0.3, 0.4) is 0 Å². The molecule has 3 rings (SSSR count). The number of nitrogens with zero attached hydrogens (tertiary/aromatic N) is 3. The van der Waals surface area contributed by atoms with E-state index in [0.717, 1.165) is 30.9 Å². The summed E-state index contributed by atoms with van der Waals surface area (Å²) >= 11 is 2.77. The van der Waals surface area contributed by atoms with Gasteiger partial charge in [-0.05, 0) is 20.4 Å². The van der Waals surface area contributed by atoms with Crippen LogP contribution in [0.2, 0.25) is 0 Å². The quantitative estimate of drug-likeness (QED) is 0.895. The third-order valence-electron chi connectivity index (χ3n) is 3.93. The molecule has 1 aliphatic rings. The van der Waals surface area contributed by atoms with Crippen molar-refractivity contribution in [2.45, 2.75) is 39.3 Å². The summed E-state index contributed by atoms with van der Waals surface area (Å²) < 4.78 is 1.72. The van der Waals surface area contributed by atoms with Gasteiger partial charge in [-0.2, -0.15) is 0 Å². The topological polar surface area (TPSA) is 67.2 Å². The second kappa shape index (κ2) is 6.94. The molecule has 1 N–H and O–H groups in total. The number of amides is 1. The lowest BCUT2D eigenvalue weighted by Crippen LogP contribution is -2.25. The van der Waals surface area contributed by atoms with E-state index in [1.165, 1.54) is 16.2 Å². The lowest BCUT2D eigenvalue weighted by Gasteiger charge is -2.20. The van der Waals surface area contributed by atoms with Crippen molar-refractivity contribution in [2.75, 3.05) is 18.9 Å². The molecule has 1 aliphatic heterocycles. The Morgan fingerprint density at radius 3 is 3.04 bits per heavy atom. The number of likely N-dealkylation sites (N-methyl/N-ethyl adjacent to an activating group) is 1. The molecule has 0 bridgehead atoms. The smallest absolute Gasteiger partial charge is 0.303 e. The number of rotatable bonds is 5. The molecule has 0 atom stereocenters. The van der Waals surface area contributed by atoms with Crippen molar-refractivity contribution in [3.05, 3.63) is 31.3 Å². The maximum absolute atomic E-state index is 12.0. The summed E-state index contributed by atoms with van der Waals surface area (Å²) in [5.74, 6) is -0.0367. The maximum Gasteiger partial charge on any atom is 0.307 e. The molecule has 23 heavy (non-hydrogen) atoms. The van der Waals surface area contributed by atoms with Crippen LogP contribution in [0.5, 0.6) is 0 Å². The van der Waals surface area contributed by atoms with E-state index in [9.17, 15) is 9.59 Å². The van der Waals surface area contributed by atoms with Gasteiger partial charge in [0.25, 0.3) is 0 Å². The highest BCUT2D eigenvalue weighted by Crippen LogP contribution is 2.27. The first kappa shape index (κ1) is 16.4. The van der Waals surface area contributed by atoms with E-state index in [-0.39, 0.29) is 10.8 Å². The lowest BCUT2D eigenvalue weighted by molar-refractivity contribution is -0.116. The molecule has 2 aromatic heterocycles. The summed E-state index contributed by atoms with van der Waals surface area (Å²) in [4.78, 5) is 31.7. The van der Waals surface area contributed by atoms with Crippen molar-refractivity contribution in [2.24, 2.45) is 0 Å². The number of thiazole rings is 2. The fourth-order valence-electron chi connectivity index (χ4n) is 2.63. The summed E-state index contributed by atoms with van der Waals surface area (Å²) in [5, 5.41) is 5.43. The number of hydrogen-bond acceptors (Lipinski definition) is 6. The largest absolute Gasteiger partial charge is 0.307 e. The van der Waals surface area contributed by atoms with Crippen molar-refractivity contribution in [3.8, 4) is 0 Å². The number of aromatic nitrogens is 2. The minimum Gasteiger partial charge on any atom is -0.303 e. The zero-order chi connectivity index (χ0) is 16.4. The van der Waals surface area contributed by atoms with Gasteiger partial charge in [-0.15, -0.1) is 11.3 Å². The molecular formula is C15H20N4O2S2. The molecular weight excluding hydrogens is 332 g/mol. The van der Waals surface area contributed by atoms with Gasteiger partial charge < -0.3 is 14.8 Å². The number of anilines is 1. The Kier molecular flexibility index (Phi) is 4.93. The van der Waals surface area contributed by atoms with E-state index in [1.807, 2.05) is 12.3 Å². The number of carbonyl (C=O) groups excluding carboxylic acids is 1. The van der Waals surface area contributed by atoms with Crippen molar-refractivity contribution in [3.63, 3.8) is 0 Å². The van der Waals surface area contributed by atoms with E-state index in [0.29, 0.717) is 24.5 Å². The standard InChI is InChI=1S/C15H20N4O2S2/c1-10-9-22-15(21)19(10)6-3-4-13(20)17-14-16-11-5-7-18(2)8-12(11)23-14/h9H,3-8H2,1-2H3,(H,16,17,20). The van der Waals surface area contributed by atoms with Crippen LogP contribution in [0.1, 0.15) is 29.1 Å². The Bertz CT molecular complexity index is 762. The minimum atomic E-state index is -0.0367. The molecule has 0 saturated carbocycles. The molecule has 0 aromatic carbocycles. The molecule has 6 nitrogen and oxygen atoms in total. The van der Waals surface area contributed by atoms with Gasteiger partial charge in [-0.25, -0.2) is 4.98 Å². The summed E-state index contributed by atoms with van der Waals surface area (Å²) in [6.07, 6.45) is 1.99. The van der Waals surface area contributed by atoms with Crippen molar-refractivity contribution in [1.29, 1.82) is 0 Å². The van der Waals surface area contributed by atoms with Gasteiger partial charge >= 0.3 is 4.87 Å². The molecule has 0 aliphatic carbocycles. The van der Waals surface area contributed by atoms with Crippen LogP contribution in [0, 0.1) is 6.92 Å². The first-order valence-electron chi connectivity index (χ1n) is 7.65. The van der Waals surface area contributed by atoms with Gasteiger partial charge in [0.15, 0.2) is 5.13 Å². The number of hydrogen-bond donors (Lipinski definition) is 1. The number of aryl methyl sites for hydroxylation is 1. The molecule has 3 heterocycles. The number of fused-ring (bicyclic) bond motifs is 1. The highest BCUT2D eigenvalue weighted by Gasteiger charge is 2.19.